The second-order valence-corrected chi connectivity index (χ2v) is 6.30. The molecule has 0 radical (unpaired) electrons. The molecule has 1 saturated carbocycles. The Labute approximate surface area is 129 Å². The fraction of sp³-hybridized carbons (Fsp3) is 0.294. The highest BCUT2D eigenvalue weighted by atomic mass is 35.5. The molecular formula is C17H17Cl2N. The molecule has 3 heteroatoms. The van der Waals surface area contributed by atoms with Crippen molar-refractivity contribution in [3.05, 3.63) is 69.7 Å². The Bertz CT molecular complexity index is 577. The van der Waals surface area contributed by atoms with Crippen molar-refractivity contribution in [1.82, 2.24) is 0 Å². The minimum atomic E-state index is 0.109. The second-order valence-electron chi connectivity index (χ2n) is 5.48. The predicted molar refractivity (Wildman–Crippen MR) is 85.4 cm³/mol. The molecule has 0 heterocycles. The van der Waals surface area contributed by atoms with Gasteiger partial charge in [0.25, 0.3) is 0 Å². The molecule has 0 aliphatic heterocycles. The van der Waals surface area contributed by atoms with Crippen molar-refractivity contribution in [3.8, 4) is 0 Å². The highest BCUT2D eigenvalue weighted by Crippen LogP contribution is 2.49. The lowest BCUT2D eigenvalue weighted by Gasteiger charge is -2.14. The van der Waals surface area contributed by atoms with Gasteiger partial charge in [-0.2, -0.15) is 0 Å². The van der Waals surface area contributed by atoms with Crippen LogP contribution in [0.5, 0.6) is 0 Å². The van der Waals surface area contributed by atoms with Gasteiger partial charge in [-0.25, -0.2) is 0 Å². The van der Waals surface area contributed by atoms with Crippen LogP contribution in [-0.2, 0) is 6.42 Å². The van der Waals surface area contributed by atoms with Gasteiger partial charge in [-0.1, -0.05) is 59.6 Å². The molecule has 0 aromatic heterocycles. The summed E-state index contributed by atoms with van der Waals surface area (Å²) in [4.78, 5) is 0. The summed E-state index contributed by atoms with van der Waals surface area (Å²) in [5.74, 6) is 1.12. The number of nitrogens with two attached hydrogens (primary N) is 1. The Kier molecular flexibility index (Phi) is 4.02. The van der Waals surface area contributed by atoms with Gasteiger partial charge in [-0.15, -0.1) is 0 Å². The van der Waals surface area contributed by atoms with Gasteiger partial charge in [0.15, 0.2) is 0 Å². The topological polar surface area (TPSA) is 26.0 Å². The standard InChI is InChI=1S/C17H17Cl2N/c18-15-7-4-8-16(19)14(15)10-17(20)13-9-12(13)11-5-2-1-3-6-11/h1-8,12-13,17H,9-10,20H2. The zero-order chi connectivity index (χ0) is 14.1. The Morgan fingerprint density at radius 3 is 2.30 bits per heavy atom. The summed E-state index contributed by atoms with van der Waals surface area (Å²) in [6, 6.07) is 16.3. The van der Waals surface area contributed by atoms with Crippen molar-refractivity contribution in [3.63, 3.8) is 0 Å². The fourth-order valence-corrected chi connectivity index (χ4v) is 3.44. The molecule has 20 heavy (non-hydrogen) atoms. The van der Waals surface area contributed by atoms with Crippen LogP contribution in [-0.4, -0.2) is 6.04 Å². The van der Waals surface area contributed by atoms with E-state index in [1.165, 1.54) is 5.56 Å². The van der Waals surface area contributed by atoms with Crippen LogP contribution < -0.4 is 5.73 Å². The van der Waals surface area contributed by atoms with Crippen molar-refractivity contribution >= 4 is 23.2 Å². The molecule has 1 aliphatic carbocycles. The number of benzene rings is 2. The smallest absolute Gasteiger partial charge is 0.0453 e. The van der Waals surface area contributed by atoms with Crippen LogP contribution in [0.2, 0.25) is 10.0 Å². The number of halogens is 2. The Hall–Kier alpha value is -1.02. The Morgan fingerprint density at radius 1 is 1.00 bits per heavy atom. The van der Waals surface area contributed by atoms with Gasteiger partial charge in [0.1, 0.15) is 0 Å². The third-order valence-electron chi connectivity index (χ3n) is 4.12. The van der Waals surface area contributed by atoms with E-state index in [1.807, 2.05) is 24.3 Å². The van der Waals surface area contributed by atoms with Gasteiger partial charge in [0.2, 0.25) is 0 Å². The van der Waals surface area contributed by atoms with E-state index in [9.17, 15) is 0 Å². The van der Waals surface area contributed by atoms with E-state index in [2.05, 4.69) is 24.3 Å². The summed E-state index contributed by atoms with van der Waals surface area (Å²) in [7, 11) is 0. The average molecular weight is 306 g/mol. The first kappa shape index (κ1) is 13.9. The van der Waals surface area contributed by atoms with Crippen molar-refractivity contribution < 1.29 is 0 Å². The molecule has 1 nitrogen and oxygen atoms in total. The molecule has 2 aromatic carbocycles. The minimum Gasteiger partial charge on any atom is -0.327 e. The third kappa shape index (κ3) is 2.85. The normalized spacial score (nSPS) is 22.6. The molecule has 0 bridgehead atoms. The van der Waals surface area contributed by atoms with Crippen molar-refractivity contribution in [2.75, 3.05) is 0 Å². The van der Waals surface area contributed by atoms with Gasteiger partial charge in [-0.3, -0.25) is 0 Å². The van der Waals surface area contributed by atoms with Crippen LogP contribution in [0.3, 0.4) is 0 Å². The first-order valence-corrected chi connectivity index (χ1v) is 7.66. The van der Waals surface area contributed by atoms with Crippen LogP contribution in [0.15, 0.2) is 48.5 Å². The second kappa shape index (κ2) is 5.77. The van der Waals surface area contributed by atoms with E-state index in [1.54, 1.807) is 0 Å². The van der Waals surface area contributed by atoms with Crippen LogP contribution in [0.1, 0.15) is 23.5 Å². The van der Waals surface area contributed by atoms with E-state index in [0.29, 0.717) is 21.9 Å². The molecule has 3 rings (SSSR count). The summed E-state index contributed by atoms with van der Waals surface area (Å²) in [5.41, 5.74) is 8.72. The van der Waals surface area contributed by atoms with Gasteiger partial charge >= 0.3 is 0 Å². The van der Waals surface area contributed by atoms with Crippen LogP contribution in [0.25, 0.3) is 0 Å². The summed E-state index contributed by atoms with van der Waals surface area (Å²) < 4.78 is 0. The molecule has 1 fully saturated rings. The van der Waals surface area contributed by atoms with E-state index in [-0.39, 0.29) is 6.04 Å². The lowest BCUT2D eigenvalue weighted by molar-refractivity contribution is 0.578. The molecular weight excluding hydrogens is 289 g/mol. The molecule has 0 saturated heterocycles. The first-order chi connectivity index (χ1) is 9.66. The summed E-state index contributed by atoms with van der Waals surface area (Å²) in [6.45, 7) is 0. The van der Waals surface area contributed by atoms with Crippen molar-refractivity contribution in [2.45, 2.75) is 24.8 Å². The average Bonchev–Trinajstić information content (AvgIpc) is 3.24. The fourth-order valence-electron chi connectivity index (χ4n) is 2.89. The van der Waals surface area contributed by atoms with E-state index in [0.717, 1.165) is 18.4 Å². The molecule has 2 aromatic rings. The Balaban J connectivity index is 1.68. The number of rotatable bonds is 4. The maximum atomic E-state index is 6.36. The summed E-state index contributed by atoms with van der Waals surface area (Å²) >= 11 is 12.4. The van der Waals surface area contributed by atoms with Gasteiger partial charge in [0.05, 0.1) is 0 Å². The molecule has 1 aliphatic rings. The Morgan fingerprint density at radius 2 is 1.65 bits per heavy atom. The molecule has 104 valence electrons. The largest absolute Gasteiger partial charge is 0.327 e. The monoisotopic (exact) mass is 305 g/mol. The van der Waals surface area contributed by atoms with Crippen LogP contribution >= 0.6 is 23.2 Å². The zero-order valence-corrected chi connectivity index (χ0v) is 12.6. The lowest BCUT2D eigenvalue weighted by Crippen LogP contribution is -2.26. The van der Waals surface area contributed by atoms with Gasteiger partial charge < -0.3 is 5.73 Å². The highest BCUT2D eigenvalue weighted by molar-refractivity contribution is 6.36. The van der Waals surface area contributed by atoms with Crippen molar-refractivity contribution in [2.24, 2.45) is 11.7 Å². The predicted octanol–water partition coefficient (Wildman–Crippen LogP) is 4.67. The van der Waals surface area contributed by atoms with E-state index >= 15 is 0 Å². The first-order valence-electron chi connectivity index (χ1n) is 6.90. The van der Waals surface area contributed by atoms with Crippen LogP contribution in [0.4, 0.5) is 0 Å². The summed E-state index contributed by atoms with van der Waals surface area (Å²) in [5, 5.41) is 1.43. The molecule has 0 amide bonds. The minimum absolute atomic E-state index is 0.109. The third-order valence-corrected chi connectivity index (χ3v) is 4.83. The molecule has 3 atom stereocenters. The van der Waals surface area contributed by atoms with Gasteiger partial charge in [-0.05, 0) is 47.9 Å². The van der Waals surface area contributed by atoms with E-state index < -0.39 is 0 Å². The summed E-state index contributed by atoms with van der Waals surface area (Å²) in [6.07, 6.45) is 1.90. The molecule has 3 unspecified atom stereocenters. The SMILES string of the molecule is NC(Cc1c(Cl)cccc1Cl)C1CC1c1ccccc1. The molecule has 2 N–H and O–H groups in total. The quantitative estimate of drug-likeness (QED) is 0.873. The van der Waals surface area contributed by atoms with Crippen LogP contribution in [0, 0.1) is 5.92 Å². The number of hydrogen-bond donors (Lipinski definition) is 1. The van der Waals surface area contributed by atoms with E-state index in [4.69, 9.17) is 28.9 Å². The van der Waals surface area contributed by atoms with Crippen molar-refractivity contribution in [1.29, 1.82) is 0 Å². The highest BCUT2D eigenvalue weighted by Gasteiger charge is 2.42. The molecule has 0 spiro atoms. The lowest BCUT2D eigenvalue weighted by atomic mass is 9.99. The van der Waals surface area contributed by atoms with Gasteiger partial charge in [0, 0.05) is 16.1 Å². The number of hydrogen-bond acceptors (Lipinski definition) is 1. The maximum Gasteiger partial charge on any atom is 0.0453 e. The zero-order valence-electron chi connectivity index (χ0n) is 11.1. The maximum absolute atomic E-state index is 6.36.